The minimum atomic E-state index is -3.97. The molecule has 2 heterocycles. The molecule has 0 saturated heterocycles. The average molecular weight is 456 g/mol. The SMILES string of the molecule is Cc1cccc2c1c(S(=O)(=O)NCCc1cccnc1)cn2S(=O)(=O)c1ccccc1. The van der Waals surface area contributed by atoms with E-state index in [1.807, 2.05) is 6.07 Å². The van der Waals surface area contributed by atoms with Crippen molar-refractivity contribution in [2.75, 3.05) is 6.54 Å². The van der Waals surface area contributed by atoms with Gasteiger partial charge in [0.05, 0.1) is 10.4 Å². The van der Waals surface area contributed by atoms with E-state index in [1.54, 1.807) is 61.8 Å². The summed E-state index contributed by atoms with van der Waals surface area (Å²) in [6, 6.07) is 16.7. The maximum atomic E-state index is 13.2. The molecule has 9 heteroatoms. The Morgan fingerprint density at radius 3 is 2.42 bits per heavy atom. The summed E-state index contributed by atoms with van der Waals surface area (Å²) in [6.07, 6.45) is 4.98. The molecule has 0 radical (unpaired) electrons. The second-order valence-corrected chi connectivity index (χ2v) is 10.6. The molecule has 0 saturated carbocycles. The lowest BCUT2D eigenvalue weighted by molar-refractivity contribution is 0.582. The van der Waals surface area contributed by atoms with Gasteiger partial charge in [0.25, 0.3) is 10.0 Å². The second kappa shape index (κ2) is 8.26. The Bertz CT molecular complexity index is 1430. The molecule has 0 bridgehead atoms. The predicted octanol–water partition coefficient (Wildman–Crippen LogP) is 3.10. The van der Waals surface area contributed by atoms with Gasteiger partial charge in [-0.05, 0) is 48.7 Å². The van der Waals surface area contributed by atoms with Gasteiger partial charge in [-0.15, -0.1) is 0 Å². The molecule has 7 nitrogen and oxygen atoms in total. The first kappa shape index (κ1) is 21.2. The third kappa shape index (κ3) is 4.12. The maximum absolute atomic E-state index is 13.2. The molecule has 2 aromatic heterocycles. The Balaban J connectivity index is 1.76. The molecule has 0 unspecified atom stereocenters. The van der Waals surface area contributed by atoms with Crippen LogP contribution in [0.2, 0.25) is 0 Å². The van der Waals surface area contributed by atoms with Crippen molar-refractivity contribution in [2.45, 2.75) is 23.1 Å². The molecule has 4 rings (SSSR count). The molecular formula is C22H21N3O4S2. The third-order valence-corrected chi connectivity index (χ3v) is 8.15. The second-order valence-electron chi connectivity index (χ2n) is 7.09. The van der Waals surface area contributed by atoms with Crippen molar-refractivity contribution in [3.8, 4) is 0 Å². The first-order valence-electron chi connectivity index (χ1n) is 9.60. The standard InChI is InChI=1S/C22H21N3O4S2/c1-17-7-5-11-20-22(17)21(16-25(20)31(28,29)19-9-3-2-4-10-19)30(26,27)24-14-12-18-8-6-13-23-15-18/h2-11,13,15-16,24H,12,14H2,1H3. The predicted molar refractivity (Wildman–Crippen MR) is 119 cm³/mol. The summed E-state index contributed by atoms with van der Waals surface area (Å²) in [5.41, 5.74) is 1.89. The summed E-state index contributed by atoms with van der Waals surface area (Å²) in [5, 5.41) is 0.385. The van der Waals surface area contributed by atoms with Crippen LogP contribution < -0.4 is 4.72 Å². The number of aromatic nitrogens is 2. The number of rotatable bonds is 7. The first-order valence-corrected chi connectivity index (χ1v) is 12.5. The number of pyridine rings is 1. The molecule has 4 aromatic rings. The van der Waals surface area contributed by atoms with E-state index in [0.29, 0.717) is 22.9 Å². The van der Waals surface area contributed by atoms with Crippen LogP contribution in [0.3, 0.4) is 0 Å². The van der Waals surface area contributed by atoms with Crippen LogP contribution in [0, 0.1) is 6.92 Å². The van der Waals surface area contributed by atoms with Crippen molar-refractivity contribution in [3.63, 3.8) is 0 Å². The molecule has 0 aliphatic carbocycles. The number of fused-ring (bicyclic) bond motifs is 1. The lowest BCUT2D eigenvalue weighted by atomic mass is 10.1. The fraction of sp³-hybridized carbons (Fsp3) is 0.136. The lowest BCUT2D eigenvalue weighted by Crippen LogP contribution is -2.26. The Morgan fingerprint density at radius 1 is 0.935 bits per heavy atom. The van der Waals surface area contributed by atoms with Gasteiger partial charge in [-0.1, -0.05) is 36.4 Å². The molecule has 31 heavy (non-hydrogen) atoms. The smallest absolute Gasteiger partial charge is 0.264 e. The zero-order valence-electron chi connectivity index (χ0n) is 16.8. The molecule has 0 aliphatic rings. The highest BCUT2D eigenvalue weighted by molar-refractivity contribution is 7.91. The molecule has 1 N–H and O–H groups in total. The molecular weight excluding hydrogens is 434 g/mol. The highest BCUT2D eigenvalue weighted by Crippen LogP contribution is 2.31. The third-order valence-electron chi connectivity index (χ3n) is 4.99. The minimum Gasteiger partial charge on any atom is -0.264 e. The molecule has 0 amide bonds. The molecule has 160 valence electrons. The van der Waals surface area contributed by atoms with E-state index in [2.05, 4.69) is 9.71 Å². The van der Waals surface area contributed by atoms with E-state index in [4.69, 9.17) is 0 Å². The Hall–Kier alpha value is -3.01. The number of nitrogens with zero attached hydrogens (tertiary/aromatic N) is 2. The van der Waals surface area contributed by atoms with Crippen molar-refractivity contribution in [1.82, 2.24) is 13.7 Å². The van der Waals surface area contributed by atoms with Gasteiger partial charge in [0.15, 0.2) is 0 Å². The van der Waals surface area contributed by atoms with Gasteiger partial charge in [0.2, 0.25) is 10.0 Å². The van der Waals surface area contributed by atoms with Gasteiger partial charge >= 0.3 is 0 Å². The van der Waals surface area contributed by atoms with Crippen LogP contribution in [0.5, 0.6) is 0 Å². The van der Waals surface area contributed by atoms with Gasteiger partial charge in [0.1, 0.15) is 4.90 Å². The number of sulfonamides is 1. The van der Waals surface area contributed by atoms with Gasteiger partial charge in [-0.2, -0.15) is 0 Å². The van der Waals surface area contributed by atoms with Crippen LogP contribution >= 0.6 is 0 Å². The summed E-state index contributed by atoms with van der Waals surface area (Å²) in [4.78, 5) is 4.04. The average Bonchev–Trinajstić information content (AvgIpc) is 3.18. The number of nitrogens with one attached hydrogen (secondary N) is 1. The van der Waals surface area contributed by atoms with Crippen LogP contribution in [0.15, 0.2) is 89.0 Å². The number of hydrogen-bond donors (Lipinski definition) is 1. The number of benzene rings is 2. The number of hydrogen-bond acceptors (Lipinski definition) is 5. The van der Waals surface area contributed by atoms with E-state index >= 15 is 0 Å². The molecule has 0 aliphatic heterocycles. The molecule has 0 spiro atoms. The van der Waals surface area contributed by atoms with Crippen LogP contribution in [0.1, 0.15) is 11.1 Å². The van der Waals surface area contributed by atoms with E-state index in [0.717, 1.165) is 9.54 Å². The zero-order chi connectivity index (χ0) is 22.1. The summed E-state index contributed by atoms with van der Waals surface area (Å²) in [6.45, 7) is 1.93. The van der Waals surface area contributed by atoms with Gasteiger partial charge in [0, 0.05) is 30.5 Å². The fourth-order valence-corrected chi connectivity index (χ4v) is 6.21. The van der Waals surface area contributed by atoms with E-state index < -0.39 is 20.0 Å². The van der Waals surface area contributed by atoms with Crippen molar-refractivity contribution in [1.29, 1.82) is 0 Å². The van der Waals surface area contributed by atoms with Crippen molar-refractivity contribution in [2.24, 2.45) is 0 Å². The van der Waals surface area contributed by atoms with Gasteiger partial charge in [-0.25, -0.2) is 25.5 Å². The summed E-state index contributed by atoms with van der Waals surface area (Å²) in [5.74, 6) is 0. The first-order chi connectivity index (χ1) is 14.8. The summed E-state index contributed by atoms with van der Waals surface area (Å²) >= 11 is 0. The highest BCUT2D eigenvalue weighted by Gasteiger charge is 2.27. The maximum Gasteiger partial charge on any atom is 0.268 e. The monoisotopic (exact) mass is 455 g/mol. The Labute approximate surface area is 181 Å². The molecule has 0 atom stereocenters. The van der Waals surface area contributed by atoms with Crippen LogP contribution in [0.4, 0.5) is 0 Å². The summed E-state index contributed by atoms with van der Waals surface area (Å²) in [7, 11) is -7.93. The van der Waals surface area contributed by atoms with Crippen molar-refractivity contribution < 1.29 is 16.8 Å². The highest BCUT2D eigenvalue weighted by atomic mass is 32.2. The van der Waals surface area contributed by atoms with Crippen LogP contribution in [0.25, 0.3) is 10.9 Å². The lowest BCUT2D eigenvalue weighted by Gasteiger charge is -2.07. The van der Waals surface area contributed by atoms with Gasteiger partial charge < -0.3 is 0 Å². The normalized spacial score (nSPS) is 12.3. The minimum absolute atomic E-state index is 0.0636. The van der Waals surface area contributed by atoms with Crippen molar-refractivity contribution in [3.05, 3.63) is 90.4 Å². The van der Waals surface area contributed by atoms with Gasteiger partial charge in [-0.3, -0.25) is 4.98 Å². The topological polar surface area (TPSA) is 98.1 Å². The number of aryl methyl sites for hydroxylation is 1. The van der Waals surface area contributed by atoms with E-state index in [9.17, 15) is 16.8 Å². The van der Waals surface area contributed by atoms with Crippen molar-refractivity contribution >= 4 is 30.9 Å². The van der Waals surface area contributed by atoms with Crippen LogP contribution in [-0.2, 0) is 26.5 Å². The summed E-state index contributed by atoms with van der Waals surface area (Å²) < 4.78 is 56.4. The largest absolute Gasteiger partial charge is 0.268 e. The van der Waals surface area contributed by atoms with Crippen LogP contribution in [-0.4, -0.2) is 32.3 Å². The van der Waals surface area contributed by atoms with E-state index in [1.165, 1.54) is 18.3 Å². The Morgan fingerprint density at radius 2 is 1.71 bits per heavy atom. The Kier molecular flexibility index (Phi) is 5.65. The zero-order valence-corrected chi connectivity index (χ0v) is 18.4. The molecule has 0 fully saturated rings. The quantitative estimate of drug-likeness (QED) is 0.462. The molecule has 2 aromatic carbocycles. The fourth-order valence-electron chi connectivity index (χ4n) is 3.46. The van der Waals surface area contributed by atoms with E-state index in [-0.39, 0.29) is 16.3 Å².